The van der Waals surface area contributed by atoms with E-state index >= 15 is 0 Å². The third kappa shape index (κ3) is 3.12. The number of aliphatic hydroxyl groups is 1. The number of ether oxygens (including phenoxy) is 1. The zero-order chi connectivity index (χ0) is 15.4. The molecule has 0 aliphatic rings. The second-order valence-electron chi connectivity index (χ2n) is 5.26. The van der Waals surface area contributed by atoms with Gasteiger partial charge in [-0.05, 0) is 24.3 Å². The number of fused-ring (bicyclic) bond motifs is 1. The molecule has 0 spiro atoms. The molecule has 2 aromatic carbocycles. The molecule has 114 valence electrons. The molecule has 0 amide bonds. The molecule has 22 heavy (non-hydrogen) atoms. The summed E-state index contributed by atoms with van der Waals surface area (Å²) in [6.07, 6.45) is 0.254. The second-order valence-corrected chi connectivity index (χ2v) is 5.26. The molecule has 1 atom stereocenters. The van der Waals surface area contributed by atoms with Crippen molar-refractivity contribution >= 4 is 11.0 Å². The van der Waals surface area contributed by atoms with E-state index in [0.29, 0.717) is 6.54 Å². The molecule has 4 nitrogen and oxygen atoms in total. The monoisotopic (exact) mass is 296 g/mol. The molecule has 0 unspecified atom stereocenters. The summed E-state index contributed by atoms with van der Waals surface area (Å²) in [5.41, 5.74) is 2.02. The van der Waals surface area contributed by atoms with Gasteiger partial charge in [0.15, 0.2) is 0 Å². The SMILES string of the molecule is CCc1nc2ccccc2n1C[C@H](O)COc1ccccc1. The number of rotatable bonds is 6. The van der Waals surface area contributed by atoms with Crippen LogP contribution in [-0.4, -0.2) is 27.4 Å². The summed E-state index contributed by atoms with van der Waals surface area (Å²) in [5.74, 6) is 1.76. The lowest BCUT2D eigenvalue weighted by atomic mass is 10.3. The van der Waals surface area contributed by atoms with Crippen LogP contribution in [0.4, 0.5) is 0 Å². The number of aryl methyl sites for hydroxylation is 1. The van der Waals surface area contributed by atoms with E-state index in [1.807, 2.05) is 54.6 Å². The smallest absolute Gasteiger partial charge is 0.119 e. The van der Waals surface area contributed by atoms with E-state index in [0.717, 1.165) is 29.0 Å². The lowest BCUT2D eigenvalue weighted by molar-refractivity contribution is 0.0927. The summed E-state index contributed by atoms with van der Waals surface area (Å²) in [7, 11) is 0. The molecular weight excluding hydrogens is 276 g/mol. The summed E-state index contributed by atoms with van der Waals surface area (Å²) in [4.78, 5) is 4.61. The van der Waals surface area contributed by atoms with Crippen molar-refractivity contribution in [1.82, 2.24) is 9.55 Å². The molecule has 0 saturated heterocycles. The van der Waals surface area contributed by atoms with Crippen LogP contribution in [-0.2, 0) is 13.0 Å². The molecule has 0 aliphatic heterocycles. The number of aromatic nitrogens is 2. The van der Waals surface area contributed by atoms with Gasteiger partial charge >= 0.3 is 0 Å². The second kappa shape index (κ2) is 6.62. The van der Waals surface area contributed by atoms with Crippen LogP contribution >= 0.6 is 0 Å². The fraction of sp³-hybridized carbons (Fsp3) is 0.278. The maximum Gasteiger partial charge on any atom is 0.119 e. The fourth-order valence-electron chi connectivity index (χ4n) is 2.57. The number of hydrogen-bond acceptors (Lipinski definition) is 3. The Morgan fingerprint density at radius 1 is 1.09 bits per heavy atom. The predicted octanol–water partition coefficient (Wildman–Crippen LogP) is 3.04. The highest BCUT2D eigenvalue weighted by Gasteiger charge is 2.13. The minimum atomic E-state index is -0.580. The van der Waals surface area contributed by atoms with Crippen LogP contribution in [0.15, 0.2) is 54.6 Å². The number of hydrogen-bond donors (Lipinski definition) is 1. The van der Waals surface area contributed by atoms with E-state index in [-0.39, 0.29) is 6.61 Å². The largest absolute Gasteiger partial charge is 0.491 e. The van der Waals surface area contributed by atoms with Crippen LogP contribution in [0.25, 0.3) is 11.0 Å². The first kappa shape index (κ1) is 14.6. The summed E-state index contributed by atoms with van der Waals surface area (Å²) in [6, 6.07) is 17.5. The summed E-state index contributed by atoms with van der Waals surface area (Å²) < 4.78 is 7.70. The van der Waals surface area contributed by atoms with E-state index < -0.39 is 6.10 Å². The van der Waals surface area contributed by atoms with Gasteiger partial charge in [-0.2, -0.15) is 0 Å². The molecule has 1 aromatic heterocycles. The Morgan fingerprint density at radius 2 is 1.82 bits per heavy atom. The Kier molecular flexibility index (Phi) is 4.39. The first-order valence-electron chi connectivity index (χ1n) is 7.58. The van der Waals surface area contributed by atoms with Crippen molar-refractivity contribution in [2.24, 2.45) is 0 Å². The maximum absolute atomic E-state index is 10.3. The normalized spacial score (nSPS) is 12.5. The van der Waals surface area contributed by atoms with E-state index in [2.05, 4.69) is 16.5 Å². The first-order valence-corrected chi connectivity index (χ1v) is 7.58. The Bertz CT molecular complexity index is 737. The third-order valence-corrected chi connectivity index (χ3v) is 3.63. The molecule has 0 saturated carbocycles. The molecule has 1 heterocycles. The number of imidazole rings is 1. The van der Waals surface area contributed by atoms with Crippen molar-refractivity contribution < 1.29 is 9.84 Å². The summed E-state index contributed by atoms with van der Waals surface area (Å²) >= 11 is 0. The Balaban J connectivity index is 1.72. The van der Waals surface area contributed by atoms with Gasteiger partial charge in [0.2, 0.25) is 0 Å². The van der Waals surface area contributed by atoms with Gasteiger partial charge in [0.05, 0.1) is 17.6 Å². The molecule has 0 bridgehead atoms. The predicted molar refractivity (Wildman–Crippen MR) is 87.1 cm³/mol. The molecule has 1 N–H and O–H groups in total. The van der Waals surface area contributed by atoms with Gasteiger partial charge in [-0.15, -0.1) is 0 Å². The van der Waals surface area contributed by atoms with Crippen molar-refractivity contribution in [1.29, 1.82) is 0 Å². The molecule has 0 radical (unpaired) electrons. The fourth-order valence-corrected chi connectivity index (χ4v) is 2.57. The number of para-hydroxylation sites is 3. The van der Waals surface area contributed by atoms with Crippen molar-refractivity contribution in [3.63, 3.8) is 0 Å². The highest BCUT2D eigenvalue weighted by Crippen LogP contribution is 2.17. The van der Waals surface area contributed by atoms with Crippen LogP contribution < -0.4 is 4.74 Å². The lowest BCUT2D eigenvalue weighted by Crippen LogP contribution is -2.24. The van der Waals surface area contributed by atoms with E-state index in [9.17, 15) is 5.11 Å². The van der Waals surface area contributed by atoms with Crippen molar-refractivity contribution in [2.75, 3.05) is 6.61 Å². The zero-order valence-corrected chi connectivity index (χ0v) is 12.6. The van der Waals surface area contributed by atoms with Gasteiger partial charge in [-0.3, -0.25) is 0 Å². The molecule has 0 fully saturated rings. The standard InChI is InChI=1S/C18H20N2O2/c1-2-18-19-16-10-6-7-11-17(16)20(18)12-14(21)13-22-15-8-4-3-5-9-15/h3-11,14,21H,2,12-13H2,1H3/t14-/m0/s1. The van der Waals surface area contributed by atoms with Crippen molar-refractivity contribution in [3.8, 4) is 5.75 Å². The molecular formula is C18H20N2O2. The summed E-state index contributed by atoms with van der Waals surface area (Å²) in [5, 5.41) is 10.3. The van der Waals surface area contributed by atoms with E-state index in [1.165, 1.54) is 0 Å². The Hall–Kier alpha value is -2.33. The Labute approximate surface area is 130 Å². The van der Waals surface area contributed by atoms with Crippen LogP contribution in [0.3, 0.4) is 0 Å². The highest BCUT2D eigenvalue weighted by atomic mass is 16.5. The van der Waals surface area contributed by atoms with Gasteiger partial charge < -0.3 is 14.4 Å². The van der Waals surface area contributed by atoms with E-state index in [1.54, 1.807) is 0 Å². The maximum atomic E-state index is 10.3. The number of nitrogens with zero attached hydrogens (tertiary/aromatic N) is 2. The quantitative estimate of drug-likeness (QED) is 0.760. The highest BCUT2D eigenvalue weighted by molar-refractivity contribution is 5.75. The van der Waals surface area contributed by atoms with Crippen LogP contribution in [0.1, 0.15) is 12.7 Å². The molecule has 3 rings (SSSR count). The van der Waals surface area contributed by atoms with Crippen molar-refractivity contribution in [2.45, 2.75) is 26.0 Å². The van der Waals surface area contributed by atoms with Crippen LogP contribution in [0.2, 0.25) is 0 Å². The minimum absolute atomic E-state index is 0.264. The molecule has 4 heteroatoms. The van der Waals surface area contributed by atoms with Gasteiger partial charge in [-0.25, -0.2) is 4.98 Å². The number of aliphatic hydroxyl groups excluding tert-OH is 1. The summed E-state index contributed by atoms with van der Waals surface area (Å²) in [6.45, 7) is 2.82. The van der Waals surface area contributed by atoms with Crippen LogP contribution in [0.5, 0.6) is 5.75 Å². The average molecular weight is 296 g/mol. The Morgan fingerprint density at radius 3 is 2.59 bits per heavy atom. The third-order valence-electron chi connectivity index (χ3n) is 3.63. The van der Waals surface area contributed by atoms with Crippen LogP contribution in [0, 0.1) is 0 Å². The zero-order valence-electron chi connectivity index (χ0n) is 12.6. The first-order chi connectivity index (χ1) is 10.8. The average Bonchev–Trinajstić information content (AvgIpc) is 2.92. The number of benzene rings is 2. The topological polar surface area (TPSA) is 47.3 Å². The minimum Gasteiger partial charge on any atom is -0.491 e. The van der Waals surface area contributed by atoms with Gasteiger partial charge in [0.1, 0.15) is 24.3 Å². The molecule has 0 aliphatic carbocycles. The van der Waals surface area contributed by atoms with Crippen molar-refractivity contribution in [3.05, 3.63) is 60.4 Å². The van der Waals surface area contributed by atoms with Gasteiger partial charge in [0, 0.05) is 6.42 Å². The molecule has 3 aromatic rings. The lowest BCUT2D eigenvalue weighted by Gasteiger charge is -2.15. The van der Waals surface area contributed by atoms with E-state index in [4.69, 9.17) is 4.74 Å². The van der Waals surface area contributed by atoms with Gasteiger partial charge in [0.25, 0.3) is 0 Å². The van der Waals surface area contributed by atoms with Gasteiger partial charge in [-0.1, -0.05) is 37.3 Å².